The van der Waals surface area contributed by atoms with Gasteiger partial charge in [0, 0.05) is 19.0 Å². The zero-order chi connectivity index (χ0) is 19.1. The number of fused-ring (bicyclic) bond motifs is 2. The number of rotatable bonds is 2. The first-order valence-corrected chi connectivity index (χ1v) is 9.55. The minimum absolute atomic E-state index is 0.0203. The molecule has 0 spiro atoms. The van der Waals surface area contributed by atoms with Crippen molar-refractivity contribution in [3.63, 3.8) is 0 Å². The third-order valence-corrected chi connectivity index (χ3v) is 5.38. The van der Waals surface area contributed by atoms with Crippen molar-refractivity contribution in [2.45, 2.75) is 31.8 Å². The second-order valence-corrected chi connectivity index (χ2v) is 7.27. The van der Waals surface area contributed by atoms with Crippen LogP contribution in [-0.4, -0.2) is 56.4 Å². The molecule has 8 heteroatoms. The molecule has 1 fully saturated rings. The van der Waals surface area contributed by atoms with E-state index in [0.717, 1.165) is 30.0 Å². The Morgan fingerprint density at radius 3 is 2.68 bits per heavy atom. The topological polar surface area (TPSA) is 81.9 Å². The maximum atomic E-state index is 12.9. The fourth-order valence-corrected chi connectivity index (χ4v) is 3.85. The third kappa shape index (κ3) is 2.94. The van der Waals surface area contributed by atoms with Crippen LogP contribution in [0.2, 0.25) is 0 Å². The van der Waals surface area contributed by atoms with Crippen molar-refractivity contribution in [3.05, 3.63) is 47.9 Å². The summed E-state index contributed by atoms with van der Waals surface area (Å²) in [7, 11) is 0. The summed E-state index contributed by atoms with van der Waals surface area (Å²) in [5, 5.41) is 13.1. The lowest BCUT2D eigenvalue weighted by Gasteiger charge is -2.34. The molecule has 1 unspecified atom stereocenters. The van der Waals surface area contributed by atoms with E-state index < -0.39 is 6.10 Å². The molecule has 2 aromatic heterocycles. The van der Waals surface area contributed by atoms with Gasteiger partial charge in [0.15, 0.2) is 23.0 Å². The molecular formula is C20H21N5O3. The summed E-state index contributed by atoms with van der Waals surface area (Å²) < 4.78 is 13.4. The lowest BCUT2D eigenvalue weighted by molar-refractivity contribution is -0.142. The van der Waals surface area contributed by atoms with Crippen molar-refractivity contribution in [1.82, 2.24) is 24.7 Å². The Labute approximate surface area is 162 Å². The number of para-hydroxylation sites is 2. The molecular weight excluding hydrogens is 358 g/mol. The predicted molar refractivity (Wildman–Crippen MR) is 100 cm³/mol. The summed E-state index contributed by atoms with van der Waals surface area (Å²) in [5.41, 5.74) is 1.68. The molecule has 1 aromatic carbocycles. The molecule has 1 atom stereocenters. The van der Waals surface area contributed by atoms with Crippen LogP contribution in [0.15, 0.2) is 36.4 Å². The first-order valence-electron chi connectivity index (χ1n) is 9.55. The number of likely N-dealkylation sites (tertiary alicyclic amines) is 1. The van der Waals surface area contributed by atoms with E-state index in [1.807, 2.05) is 52.7 Å². The van der Waals surface area contributed by atoms with E-state index in [1.165, 1.54) is 0 Å². The molecule has 8 nitrogen and oxygen atoms in total. The molecule has 1 saturated heterocycles. The number of aromatic nitrogens is 4. The van der Waals surface area contributed by atoms with Gasteiger partial charge in [-0.15, -0.1) is 10.2 Å². The van der Waals surface area contributed by atoms with Crippen LogP contribution in [-0.2, 0) is 4.79 Å². The van der Waals surface area contributed by atoms with Gasteiger partial charge in [-0.3, -0.25) is 4.79 Å². The maximum Gasteiger partial charge on any atom is 0.267 e. The SMILES string of the molecule is Cc1ccc2nnc(C3CCN(C(=O)C4COc5ccccc5O4)CC3)n2n1. The summed E-state index contributed by atoms with van der Waals surface area (Å²) in [6.45, 7) is 3.51. The predicted octanol–water partition coefficient (Wildman–Crippen LogP) is 1.98. The highest BCUT2D eigenvalue weighted by molar-refractivity contribution is 5.82. The van der Waals surface area contributed by atoms with E-state index in [0.29, 0.717) is 24.6 Å². The lowest BCUT2D eigenvalue weighted by Crippen LogP contribution is -2.48. The number of hydrogen-bond acceptors (Lipinski definition) is 6. The highest BCUT2D eigenvalue weighted by atomic mass is 16.6. The number of piperidine rings is 1. The van der Waals surface area contributed by atoms with Gasteiger partial charge in [0.1, 0.15) is 6.61 Å². The number of benzene rings is 1. The molecule has 1 amide bonds. The smallest absolute Gasteiger partial charge is 0.267 e. The molecule has 0 bridgehead atoms. The highest BCUT2D eigenvalue weighted by Crippen LogP contribution is 2.32. The minimum Gasteiger partial charge on any atom is -0.485 e. The van der Waals surface area contributed by atoms with Crippen LogP contribution in [0.3, 0.4) is 0 Å². The summed E-state index contributed by atoms with van der Waals surface area (Å²) in [4.78, 5) is 14.8. The standard InChI is InChI=1S/C20H21N5O3/c1-13-6-7-18-21-22-19(25(18)23-13)14-8-10-24(11-9-14)20(26)17-12-27-15-4-2-3-5-16(15)28-17/h2-7,14,17H,8-12H2,1H3. The molecule has 0 N–H and O–H groups in total. The van der Waals surface area contributed by atoms with Gasteiger partial charge in [-0.05, 0) is 44.0 Å². The molecule has 2 aliphatic rings. The Bertz CT molecular complexity index is 1030. The van der Waals surface area contributed by atoms with Gasteiger partial charge in [0.05, 0.1) is 5.69 Å². The Balaban J connectivity index is 1.26. The average Bonchev–Trinajstić information content (AvgIpc) is 3.16. The molecule has 0 radical (unpaired) electrons. The summed E-state index contributed by atoms with van der Waals surface area (Å²) in [5.74, 6) is 2.40. The molecule has 0 saturated carbocycles. The first-order chi connectivity index (χ1) is 13.7. The number of carbonyl (C=O) groups excluding carboxylic acids is 1. The lowest BCUT2D eigenvalue weighted by atomic mass is 9.95. The van der Waals surface area contributed by atoms with Crippen LogP contribution >= 0.6 is 0 Å². The second kappa shape index (κ2) is 6.78. The number of ether oxygens (including phenoxy) is 2. The molecule has 0 aliphatic carbocycles. The van der Waals surface area contributed by atoms with Crippen molar-refractivity contribution in [2.24, 2.45) is 0 Å². The first kappa shape index (κ1) is 17.0. The van der Waals surface area contributed by atoms with E-state index in [4.69, 9.17) is 9.47 Å². The third-order valence-electron chi connectivity index (χ3n) is 5.38. The molecule has 5 rings (SSSR count). The Morgan fingerprint density at radius 1 is 1.07 bits per heavy atom. The van der Waals surface area contributed by atoms with Gasteiger partial charge in [-0.2, -0.15) is 9.61 Å². The van der Waals surface area contributed by atoms with E-state index in [9.17, 15) is 4.79 Å². The molecule has 144 valence electrons. The Morgan fingerprint density at radius 2 is 1.86 bits per heavy atom. The van der Waals surface area contributed by atoms with Crippen molar-refractivity contribution >= 4 is 11.6 Å². The molecule has 2 aliphatic heterocycles. The van der Waals surface area contributed by atoms with Gasteiger partial charge < -0.3 is 14.4 Å². The van der Waals surface area contributed by atoms with Crippen LogP contribution in [0, 0.1) is 6.92 Å². The Kier molecular flexibility index (Phi) is 4.11. The van der Waals surface area contributed by atoms with E-state index >= 15 is 0 Å². The fourth-order valence-electron chi connectivity index (χ4n) is 3.85. The number of carbonyl (C=O) groups is 1. The average molecular weight is 379 g/mol. The summed E-state index contributed by atoms with van der Waals surface area (Å²) in [6, 6.07) is 11.3. The molecule has 28 heavy (non-hydrogen) atoms. The number of hydrogen-bond donors (Lipinski definition) is 0. The van der Waals surface area contributed by atoms with Crippen molar-refractivity contribution < 1.29 is 14.3 Å². The van der Waals surface area contributed by atoms with Crippen molar-refractivity contribution in [1.29, 1.82) is 0 Å². The number of nitrogens with zero attached hydrogens (tertiary/aromatic N) is 5. The summed E-state index contributed by atoms with van der Waals surface area (Å²) >= 11 is 0. The number of amides is 1. The largest absolute Gasteiger partial charge is 0.485 e. The zero-order valence-corrected chi connectivity index (χ0v) is 15.6. The van der Waals surface area contributed by atoms with Crippen LogP contribution in [0.4, 0.5) is 0 Å². The van der Waals surface area contributed by atoms with E-state index in [1.54, 1.807) is 0 Å². The van der Waals surface area contributed by atoms with Crippen LogP contribution in [0.1, 0.15) is 30.3 Å². The quantitative estimate of drug-likeness (QED) is 0.677. The fraction of sp³-hybridized carbons (Fsp3) is 0.400. The van der Waals surface area contributed by atoms with Gasteiger partial charge in [0.2, 0.25) is 6.10 Å². The highest BCUT2D eigenvalue weighted by Gasteiger charge is 2.34. The zero-order valence-electron chi connectivity index (χ0n) is 15.6. The Hall–Kier alpha value is -3.16. The van der Waals surface area contributed by atoms with E-state index in [2.05, 4.69) is 15.3 Å². The van der Waals surface area contributed by atoms with Crippen LogP contribution in [0.25, 0.3) is 5.65 Å². The maximum absolute atomic E-state index is 12.9. The van der Waals surface area contributed by atoms with Crippen molar-refractivity contribution in [2.75, 3.05) is 19.7 Å². The van der Waals surface area contributed by atoms with E-state index in [-0.39, 0.29) is 18.4 Å². The second-order valence-electron chi connectivity index (χ2n) is 7.27. The van der Waals surface area contributed by atoms with Gasteiger partial charge in [-0.1, -0.05) is 12.1 Å². The van der Waals surface area contributed by atoms with Crippen LogP contribution < -0.4 is 9.47 Å². The van der Waals surface area contributed by atoms with Crippen LogP contribution in [0.5, 0.6) is 11.5 Å². The molecule has 4 heterocycles. The monoisotopic (exact) mass is 379 g/mol. The van der Waals surface area contributed by atoms with Gasteiger partial charge in [-0.25, -0.2) is 0 Å². The molecule has 3 aromatic rings. The van der Waals surface area contributed by atoms with Gasteiger partial charge >= 0.3 is 0 Å². The summed E-state index contributed by atoms with van der Waals surface area (Å²) in [6.07, 6.45) is 1.06. The number of aryl methyl sites for hydroxylation is 1. The van der Waals surface area contributed by atoms with Gasteiger partial charge in [0.25, 0.3) is 5.91 Å². The normalized spacial score (nSPS) is 19.8. The van der Waals surface area contributed by atoms with Crippen molar-refractivity contribution in [3.8, 4) is 11.5 Å². The minimum atomic E-state index is -0.593.